The molecule has 0 spiro atoms. The highest BCUT2D eigenvalue weighted by Crippen LogP contribution is 2.24. The minimum Gasteiger partial charge on any atom is -0.289 e. The van der Waals surface area contributed by atoms with Crippen molar-refractivity contribution in [1.82, 2.24) is 9.36 Å². The third kappa shape index (κ3) is 3.16. The first-order valence-electron chi connectivity index (χ1n) is 7.65. The van der Waals surface area contributed by atoms with Gasteiger partial charge in [0.15, 0.2) is 5.43 Å². The Hall–Kier alpha value is -2.84. The second-order valence-corrected chi connectivity index (χ2v) is 8.31. The molecule has 2 heterocycles. The van der Waals surface area contributed by atoms with Crippen LogP contribution in [0, 0.1) is 0 Å². The van der Waals surface area contributed by atoms with E-state index in [1.165, 1.54) is 11.5 Å². The maximum absolute atomic E-state index is 13.1. The molecule has 0 fully saturated rings. The first-order chi connectivity index (χ1) is 12.4. The van der Waals surface area contributed by atoms with Gasteiger partial charge in [0, 0.05) is 45.4 Å². The molecular formula is C18H13N3O3S2. The van der Waals surface area contributed by atoms with Crippen molar-refractivity contribution in [3.8, 4) is 11.1 Å². The maximum Gasteiger partial charge on any atom is 0.229 e. The molecule has 2 aromatic heterocycles. The minimum absolute atomic E-state index is 0.199. The summed E-state index contributed by atoms with van der Waals surface area (Å²) in [6, 6.07) is 10.3. The zero-order chi connectivity index (χ0) is 18.3. The Morgan fingerprint density at radius 1 is 1.00 bits per heavy atom. The fraction of sp³-hybridized carbons (Fsp3) is 0.0556. The van der Waals surface area contributed by atoms with Crippen molar-refractivity contribution in [2.75, 3.05) is 11.0 Å². The lowest BCUT2D eigenvalue weighted by atomic mass is 10.1. The number of sulfonamides is 1. The summed E-state index contributed by atoms with van der Waals surface area (Å²) >= 11 is 1.33. The molecule has 4 rings (SSSR count). The van der Waals surface area contributed by atoms with Crippen molar-refractivity contribution in [2.45, 2.75) is 0 Å². The van der Waals surface area contributed by atoms with Crippen LogP contribution < -0.4 is 10.2 Å². The van der Waals surface area contributed by atoms with E-state index in [1.54, 1.807) is 42.7 Å². The van der Waals surface area contributed by atoms with Gasteiger partial charge in [-0.2, -0.15) is 0 Å². The van der Waals surface area contributed by atoms with Gasteiger partial charge in [-0.25, -0.2) is 12.8 Å². The van der Waals surface area contributed by atoms with Gasteiger partial charge in [0.1, 0.15) is 0 Å². The smallest absolute Gasteiger partial charge is 0.229 e. The zero-order valence-corrected chi connectivity index (χ0v) is 15.3. The molecule has 0 aliphatic carbocycles. The molecular weight excluding hydrogens is 370 g/mol. The first kappa shape index (κ1) is 16.6. The maximum atomic E-state index is 13.1. The first-order valence-corrected chi connectivity index (χ1v) is 10.4. The lowest BCUT2D eigenvalue weighted by Gasteiger charge is -2.03. The highest BCUT2D eigenvalue weighted by atomic mass is 32.2. The van der Waals surface area contributed by atoms with Gasteiger partial charge in [-0.1, -0.05) is 12.1 Å². The molecule has 0 saturated heterocycles. The molecule has 26 heavy (non-hydrogen) atoms. The molecule has 8 heteroatoms. The van der Waals surface area contributed by atoms with E-state index in [2.05, 4.69) is 14.1 Å². The standard InChI is InChI=1S/C18H13N3O3S2/c1-26(23,24)21-14-4-2-11-3-5-17-16(18(22)15(11)7-14)6-12(8-19-17)13-9-20-25-10-13/h2-10,21H,1H3. The Bertz CT molecular complexity index is 1300. The van der Waals surface area contributed by atoms with Crippen LogP contribution in [0.1, 0.15) is 0 Å². The molecule has 0 aliphatic rings. The van der Waals surface area contributed by atoms with E-state index in [0.717, 1.165) is 17.4 Å². The number of nitrogens with one attached hydrogen (secondary N) is 1. The van der Waals surface area contributed by atoms with E-state index in [1.807, 2.05) is 11.4 Å². The van der Waals surface area contributed by atoms with Gasteiger partial charge < -0.3 is 0 Å². The molecule has 0 radical (unpaired) electrons. The monoisotopic (exact) mass is 383 g/mol. The molecule has 0 unspecified atom stereocenters. The third-order valence-electron chi connectivity index (χ3n) is 3.95. The Labute approximate surface area is 153 Å². The quantitative estimate of drug-likeness (QED) is 0.587. The van der Waals surface area contributed by atoms with E-state index >= 15 is 0 Å². The predicted molar refractivity (Wildman–Crippen MR) is 105 cm³/mol. The number of nitrogens with zero attached hydrogens (tertiary/aromatic N) is 2. The minimum atomic E-state index is -3.42. The van der Waals surface area contributed by atoms with Crippen molar-refractivity contribution in [3.05, 3.63) is 64.4 Å². The SMILES string of the molecule is CS(=O)(=O)Nc1ccc2ccc3ncc(-c4cnsc4)cc3c(=O)c2c1. The summed E-state index contributed by atoms with van der Waals surface area (Å²) in [5, 5.41) is 3.50. The molecule has 0 saturated carbocycles. The molecule has 0 atom stereocenters. The average molecular weight is 383 g/mol. The Kier molecular flexibility index (Phi) is 3.93. The van der Waals surface area contributed by atoms with Gasteiger partial charge in [0.2, 0.25) is 10.0 Å². The van der Waals surface area contributed by atoms with E-state index in [9.17, 15) is 13.2 Å². The highest BCUT2D eigenvalue weighted by molar-refractivity contribution is 7.92. The van der Waals surface area contributed by atoms with Gasteiger partial charge in [0.05, 0.1) is 11.8 Å². The van der Waals surface area contributed by atoms with Crippen LogP contribution in [0.3, 0.4) is 0 Å². The largest absolute Gasteiger partial charge is 0.289 e. The number of hydrogen-bond donors (Lipinski definition) is 1. The Balaban J connectivity index is 2.01. The lowest BCUT2D eigenvalue weighted by molar-refractivity contribution is 0.607. The van der Waals surface area contributed by atoms with Crippen molar-refractivity contribution >= 4 is 48.9 Å². The molecule has 1 N–H and O–H groups in total. The number of pyridine rings is 1. The van der Waals surface area contributed by atoms with Crippen LogP contribution in [0.15, 0.2) is 59.0 Å². The van der Waals surface area contributed by atoms with Gasteiger partial charge in [-0.3, -0.25) is 14.5 Å². The van der Waals surface area contributed by atoms with Crippen LogP contribution in [0.5, 0.6) is 0 Å². The highest BCUT2D eigenvalue weighted by Gasteiger charge is 2.09. The lowest BCUT2D eigenvalue weighted by Crippen LogP contribution is -2.10. The summed E-state index contributed by atoms with van der Waals surface area (Å²) in [7, 11) is -3.42. The van der Waals surface area contributed by atoms with Gasteiger partial charge in [-0.15, -0.1) is 0 Å². The summed E-state index contributed by atoms with van der Waals surface area (Å²) in [6.45, 7) is 0. The molecule has 0 bridgehead atoms. The average Bonchev–Trinajstić information content (AvgIpc) is 3.09. The Morgan fingerprint density at radius 3 is 2.54 bits per heavy atom. The van der Waals surface area contributed by atoms with Crippen LogP contribution in [-0.2, 0) is 10.0 Å². The summed E-state index contributed by atoms with van der Waals surface area (Å²) in [6.07, 6.45) is 4.51. The van der Waals surface area contributed by atoms with Crippen molar-refractivity contribution in [2.24, 2.45) is 0 Å². The molecule has 130 valence electrons. The molecule has 4 aromatic rings. The molecule has 0 amide bonds. The zero-order valence-electron chi connectivity index (χ0n) is 13.6. The topological polar surface area (TPSA) is 89.0 Å². The molecule has 0 aliphatic heterocycles. The summed E-state index contributed by atoms with van der Waals surface area (Å²) in [5.41, 5.74) is 2.44. The van der Waals surface area contributed by atoms with Crippen molar-refractivity contribution in [1.29, 1.82) is 0 Å². The van der Waals surface area contributed by atoms with Gasteiger partial charge in [0.25, 0.3) is 0 Å². The van der Waals surface area contributed by atoms with Crippen molar-refractivity contribution in [3.63, 3.8) is 0 Å². The van der Waals surface area contributed by atoms with Crippen LogP contribution in [0.4, 0.5) is 5.69 Å². The number of hydrogen-bond acceptors (Lipinski definition) is 6. The normalized spacial score (nSPS) is 11.7. The van der Waals surface area contributed by atoms with E-state index in [4.69, 9.17) is 0 Å². The number of aromatic nitrogens is 2. The fourth-order valence-corrected chi connectivity index (χ4v) is 3.89. The van der Waals surface area contributed by atoms with E-state index < -0.39 is 10.0 Å². The number of anilines is 1. The van der Waals surface area contributed by atoms with Crippen molar-refractivity contribution < 1.29 is 8.42 Å². The predicted octanol–water partition coefficient (Wildman–Crippen LogP) is 3.24. The third-order valence-corrected chi connectivity index (χ3v) is 5.14. The number of rotatable bonds is 3. The van der Waals surface area contributed by atoms with E-state index in [-0.39, 0.29) is 5.43 Å². The van der Waals surface area contributed by atoms with Gasteiger partial charge >= 0.3 is 0 Å². The number of fused-ring (bicyclic) bond motifs is 2. The van der Waals surface area contributed by atoms with Crippen LogP contribution in [-0.4, -0.2) is 24.0 Å². The van der Waals surface area contributed by atoms with Crippen LogP contribution in [0.2, 0.25) is 0 Å². The summed E-state index contributed by atoms with van der Waals surface area (Å²) < 4.78 is 29.4. The van der Waals surface area contributed by atoms with Crippen LogP contribution in [0.25, 0.3) is 32.8 Å². The summed E-state index contributed by atoms with van der Waals surface area (Å²) in [4.78, 5) is 17.5. The van der Waals surface area contributed by atoms with Crippen LogP contribution >= 0.6 is 11.5 Å². The second-order valence-electron chi connectivity index (χ2n) is 5.91. The number of benzene rings is 1. The molecule has 2 aromatic carbocycles. The van der Waals surface area contributed by atoms with E-state index in [0.29, 0.717) is 27.4 Å². The van der Waals surface area contributed by atoms with Gasteiger partial charge in [-0.05, 0) is 41.2 Å². The fourth-order valence-electron chi connectivity index (χ4n) is 2.78. The second kappa shape index (κ2) is 6.15. The molecule has 6 nitrogen and oxygen atoms in total. The Morgan fingerprint density at radius 2 is 1.81 bits per heavy atom. The summed E-state index contributed by atoms with van der Waals surface area (Å²) in [5.74, 6) is 0.